The maximum atomic E-state index is 11.4. The molecule has 1 radical (unpaired) electrons. The molecule has 1 rings (SSSR count). The Morgan fingerprint density at radius 3 is 2.36 bits per heavy atom. The molecule has 2 unspecified atom stereocenters. The molecule has 0 aliphatic carbocycles. The van der Waals surface area contributed by atoms with Crippen LogP contribution in [0.15, 0.2) is 30.3 Å². The predicted molar refractivity (Wildman–Crippen MR) is 52.5 cm³/mol. The summed E-state index contributed by atoms with van der Waals surface area (Å²) in [6.45, 7) is 3.30. The Hall–Kier alpha value is -0.670. The van der Waals surface area contributed by atoms with Crippen molar-refractivity contribution in [1.29, 1.82) is 0 Å². The standard InChI is InChI=1S/C9H12O4P/c1-9(10,14(11,12)13-2)8-6-4-3-5-7-8/h3-7,10H,1H2,2H3,(H,11,12). The summed E-state index contributed by atoms with van der Waals surface area (Å²) < 4.78 is 15.8. The molecule has 0 aromatic heterocycles. The fourth-order valence-corrected chi connectivity index (χ4v) is 1.80. The van der Waals surface area contributed by atoms with Crippen molar-refractivity contribution in [2.75, 3.05) is 7.11 Å². The van der Waals surface area contributed by atoms with Gasteiger partial charge in [0, 0.05) is 7.11 Å². The lowest BCUT2D eigenvalue weighted by atomic mass is 10.1. The van der Waals surface area contributed by atoms with Gasteiger partial charge in [-0.2, -0.15) is 0 Å². The third-order valence-corrected chi connectivity index (χ3v) is 3.64. The van der Waals surface area contributed by atoms with Gasteiger partial charge in [0.05, 0.1) is 0 Å². The lowest BCUT2D eigenvalue weighted by Crippen LogP contribution is -2.22. The van der Waals surface area contributed by atoms with Crippen LogP contribution >= 0.6 is 7.60 Å². The Morgan fingerprint density at radius 1 is 1.43 bits per heavy atom. The molecule has 0 fully saturated rings. The Labute approximate surface area is 82.7 Å². The zero-order valence-electron chi connectivity index (χ0n) is 7.75. The van der Waals surface area contributed by atoms with Crippen molar-refractivity contribution < 1.29 is 19.1 Å². The molecular weight excluding hydrogens is 203 g/mol. The summed E-state index contributed by atoms with van der Waals surface area (Å²) in [6, 6.07) is 8.03. The first kappa shape index (κ1) is 11.4. The number of hydrogen-bond donors (Lipinski definition) is 2. The number of rotatable bonds is 3. The van der Waals surface area contributed by atoms with Crippen LogP contribution in [0.5, 0.6) is 0 Å². The minimum atomic E-state index is -4.15. The van der Waals surface area contributed by atoms with E-state index in [0.717, 1.165) is 7.11 Å². The summed E-state index contributed by atoms with van der Waals surface area (Å²) in [5.41, 5.74) is 0.243. The highest BCUT2D eigenvalue weighted by Crippen LogP contribution is 2.58. The van der Waals surface area contributed by atoms with Gasteiger partial charge in [-0.25, -0.2) is 0 Å². The lowest BCUT2D eigenvalue weighted by molar-refractivity contribution is 0.124. The molecule has 77 valence electrons. The Morgan fingerprint density at radius 2 is 1.93 bits per heavy atom. The van der Waals surface area contributed by atoms with Gasteiger partial charge in [-0.15, -0.1) is 0 Å². The highest BCUT2D eigenvalue weighted by Gasteiger charge is 2.44. The van der Waals surface area contributed by atoms with Crippen molar-refractivity contribution in [2.45, 2.75) is 5.34 Å². The zero-order valence-corrected chi connectivity index (χ0v) is 8.65. The van der Waals surface area contributed by atoms with E-state index in [0.29, 0.717) is 0 Å². The van der Waals surface area contributed by atoms with Gasteiger partial charge in [0.2, 0.25) is 0 Å². The van der Waals surface area contributed by atoms with Crippen LogP contribution in [0.4, 0.5) is 0 Å². The quantitative estimate of drug-likeness (QED) is 0.750. The molecular formula is C9H12O4P. The summed E-state index contributed by atoms with van der Waals surface area (Å²) in [4.78, 5) is 9.33. The number of hydrogen-bond acceptors (Lipinski definition) is 3. The summed E-state index contributed by atoms with van der Waals surface area (Å²) in [6.07, 6.45) is 0. The molecule has 1 aromatic carbocycles. The highest BCUT2D eigenvalue weighted by atomic mass is 31.2. The molecule has 0 saturated carbocycles. The van der Waals surface area contributed by atoms with E-state index < -0.39 is 12.9 Å². The van der Waals surface area contributed by atoms with Crippen LogP contribution in [-0.2, 0) is 14.4 Å². The van der Waals surface area contributed by atoms with Gasteiger partial charge < -0.3 is 14.5 Å². The maximum absolute atomic E-state index is 11.4. The smallest absolute Gasteiger partial charge is 0.363 e. The van der Waals surface area contributed by atoms with Crippen molar-refractivity contribution in [3.63, 3.8) is 0 Å². The minimum Gasteiger partial charge on any atom is -0.373 e. The van der Waals surface area contributed by atoms with Crippen molar-refractivity contribution in [1.82, 2.24) is 0 Å². The average molecular weight is 215 g/mol. The third kappa shape index (κ3) is 1.88. The Balaban J connectivity index is 3.15. The van der Waals surface area contributed by atoms with Crippen molar-refractivity contribution >= 4 is 7.60 Å². The zero-order chi connectivity index (χ0) is 10.8. The number of benzene rings is 1. The van der Waals surface area contributed by atoms with E-state index in [4.69, 9.17) is 0 Å². The SMILES string of the molecule is [CH2]C(O)(c1ccccc1)P(=O)(O)OC. The van der Waals surface area contributed by atoms with Gasteiger partial charge in [-0.3, -0.25) is 4.57 Å². The van der Waals surface area contributed by atoms with Gasteiger partial charge in [0.25, 0.3) is 0 Å². The van der Waals surface area contributed by atoms with E-state index in [-0.39, 0.29) is 5.56 Å². The van der Waals surface area contributed by atoms with Crippen LogP contribution in [0.1, 0.15) is 5.56 Å². The summed E-state index contributed by atoms with van der Waals surface area (Å²) in [5, 5.41) is 7.64. The van der Waals surface area contributed by atoms with Gasteiger partial charge in [-0.05, 0) is 12.5 Å². The maximum Gasteiger partial charge on any atom is 0.363 e. The monoisotopic (exact) mass is 215 g/mol. The minimum absolute atomic E-state index is 0.243. The molecule has 0 aliphatic heterocycles. The Kier molecular flexibility index (Phi) is 3.12. The van der Waals surface area contributed by atoms with Crippen LogP contribution in [-0.4, -0.2) is 17.1 Å². The number of aliphatic hydroxyl groups is 1. The first-order valence-electron chi connectivity index (χ1n) is 3.93. The topological polar surface area (TPSA) is 66.8 Å². The molecule has 2 atom stereocenters. The largest absolute Gasteiger partial charge is 0.373 e. The van der Waals surface area contributed by atoms with E-state index in [1.54, 1.807) is 18.2 Å². The molecule has 0 aliphatic rings. The average Bonchev–Trinajstić information content (AvgIpc) is 2.19. The van der Waals surface area contributed by atoms with Crippen molar-refractivity contribution in [3.8, 4) is 0 Å². The lowest BCUT2D eigenvalue weighted by Gasteiger charge is -2.26. The molecule has 1 aromatic rings. The normalized spacial score (nSPS) is 19.7. The molecule has 5 heteroatoms. The fraction of sp³-hybridized carbons (Fsp3) is 0.222. The van der Waals surface area contributed by atoms with Crippen LogP contribution < -0.4 is 0 Å². The van der Waals surface area contributed by atoms with Crippen LogP contribution in [0.25, 0.3) is 0 Å². The first-order chi connectivity index (χ1) is 6.42. The van der Waals surface area contributed by atoms with E-state index >= 15 is 0 Å². The van der Waals surface area contributed by atoms with Crippen molar-refractivity contribution in [2.24, 2.45) is 0 Å². The van der Waals surface area contributed by atoms with Gasteiger partial charge in [0.15, 0.2) is 5.34 Å². The summed E-state index contributed by atoms with van der Waals surface area (Å²) in [7, 11) is -3.10. The molecule has 14 heavy (non-hydrogen) atoms. The van der Waals surface area contributed by atoms with E-state index in [1.807, 2.05) is 0 Å². The van der Waals surface area contributed by atoms with Gasteiger partial charge in [-0.1, -0.05) is 30.3 Å². The summed E-state index contributed by atoms with van der Waals surface area (Å²) >= 11 is 0. The Bertz CT molecular complexity index is 347. The van der Waals surface area contributed by atoms with E-state index in [9.17, 15) is 14.6 Å². The van der Waals surface area contributed by atoms with Crippen LogP contribution in [0.3, 0.4) is 0 Å². The third-order valence-electron chi connectivity index (χ3n) is 1.95. The second-order valence-corrected chi connectivity index (χ2v) is 5.03. The van der Waals surface area contributed by atoms with Crippen LogP contribution in [0, 0.1) is 6.92 Å². The fourth-order valence-electron chi connectivity index (χ4n) is 1.02. The van der Waals surface area contributed by atoms with E-state index in [1.165, 1.54) is 12.1 Å². The molecule has 2 N–H and O–H groups in total. The summed E-state index contributed by atoms with van der Waals surface area (Å²) in [5.74, 6) is 0. The molecule has 0 bridgehead atoms. The second kappa shape index (κ2) is 3.83. The predicted octanol–water partition coefficient (Wildman–Crippen LogP) is 1.50. The molecule has 4 nitrogen and oxygen atoms in total. The first-order valence-corrected chi connectivity index (χ1v) is 5.51. The molecule has 0 heterocycles. The second-order valence-electron chi connectivity index (χ2n) is 2.89. The van der Waals surface area contributed by atoms with Gasteiger partial charge in [0.1, 0.15) is 0 Å². The molecule has 0 amide bonds. The van der Waals surface area contributed by atoms with E-state index in [2.05, 4.69) is 11.4 Å². The molecule has 0 spiro atoms. The van der Waals surface area contributed by atoms with Gasteiger partial charge >= 0.3 is 7.60 Å². The van der Waals surface area contributed by atoms with Crippen molar-refractivity contribution in [3.05, 3.63) is 42.8 Å². The highest BCUT2D eigenvalue weighted by molar-refractivity contribution is 7.54. The van der Waals surface area contributed by atoms with Crippen LogP contribution in [0.2, 0.25) is 0 Å². The molecule has 0 saturated heterocycles.